The van der Waals surface area contributed by atoms with E-state index in [9.17, 15) is 0 Å². The van der Waals surface area contributed by atoms with Crippen LogP contribution < -0.4 is 0 Å². The molecule has 108 valence electrons. The number of ether oxygens (including phenoxy) is 2. The average Bonchev–Trinajstić information content (AvgIpc) is 2.65. The molecule has 0 aliphatic carbocycles. The maximum atomic E-state index is 5.59. The molecule has 20 heavy (non-hydrogen) atoms. The van der Waals surface area contributed by atoms with E-state index in [4.69, 9.17) is 9.47 Å². The molecule has 0 amide bonds. The van der Waals surface area contributed by atoms with Gasteiger partial charge in [0.2, 0.25) is 0 Å². The van der Waals surface area contributed by atoms with Crippen LogP contribution in [-0.4, -0.2) is 49.0 Å². The van der Waals surface area contributed by atoms with Crippen molar-refractivity contribution in [2.24, 2.45) is 7.05 Å². The number of hydrogen-bond acceptors (Lipinski definition) is 3. The summed E-state index contributed by atoms with van der Waals surface area (Å²) < 4.78 is 13.2. The molecule has 1 aromatic carbocycles. The molecule has 0 N–H and O–H groups in total. The van der Waals surface area contributed by atoms with Crippen LogP contribution in [0.2, 0.25) is 0 Å². The van der Waals surface area contributed by atoms with Gasteiger partial charge in [-0.15, -0.1) is 0 Å². The van der Waals surface area contributed by atoms with E-state index < -0.39 is 0 Å². The monoisotopic (exact) mass is 274 g/mol. The largest absolute Gasteiger partial charge is 0.378 e. The molecule has 1 aliphatic heterocycles. The van der Waals surface area contributed by atoms with Gasteiger partial charge in [-0.1, -0.05) is 18.2 Å². The minimum Gasteiger partial charge on any atom is -0.378 e. The topological polar surface area (TPSA) is 26.6 Å². The van der Waals surface area contributed by atoms with E-state index in [2.05, 4.69) is 47.0 Å². The Kier molecular flexibility index (Phi) is 4.05. The minimum atomic E-state index is 0.174. The van der Waals surface area contributed by atoms with Gasteiger partial charge in [-0.2, -0.15) is 0 Å². The Morgan fingerprint density at radius 2 is 2.20 bits per heavy atom. The normalized spacial score (nSPS) is 21.2. The van der Waals surface area contributed by atoms with E-state index >= 15 is 0 Å². The van der Waals surface area contributed by atoms with Crippen LogP contribution in [0, 0.1) is 0 Å². The van der Waals surface area contributed by atoms with Crippen molar-refractivity contribution in [2.75, 3.05) is 33.4 Å². The highest BCUT2D eigenvalue weighted by atomic mass is 16.5. The summed E-state index contributed by atoms with van der Waals surface area (Å²) in [4.78, 5) is 2.42. The number of para-hydroxylation sites is 1. The zero-order valence-electron chi connectivity index (χ0n) is 12.2. The van der Waals surface area contributed by atoms with E-state index in [-0.39, 0.29) is 6.10 Å². The molecule has 4 nitrogen and oxygen atoms in total. The number of aryl methyl sites for hydroxylation is 1. The number of aromatic nitrogens is 1. The second kappa shape index (κ2) is 5.95. The zero-order chi connectivity index (χ0) is 13.9. The van der Waals surface area contributed by atoms with Gasteiger partial charge in [0.25, 0.3) is 0 Å². The van der Waals surface area contributed by atoms with Crippen molar-refractivity contribution in [1.82, 2.24) is 9.47 Å². The summed E-state index contributed by atoms with van der Waals surface area (Å²) in [5, 5.41) is 1.34. The molecule has 2 aromatic rings. The molecular weight excluding hydrogens is 252 g/mol. The Labute approximate surface area is 119 Å². The third kappa shape index (κ3) is 2.73. The predicted octanol–water partition coefficient (Wildman–Crippen LogP) is 2.03. The fraction of sp³-hybridized carbons (Fsp3) is 0.500. The first kappa shape index (κ1) is 13.6. The predicted molar refractivity (Wildman–Crippen MR) is 79.8 cm³/mol. The van der Waals surface area contributed by atoms with E-state index in [1.54, 1.807) is 7.11 Å². The number of methoxy groups -OCH3 is 1. The maximum Gasteiger partial charge on any atom is 0.0931 e. The molecule has 4 heteroatoms. The van der Waals surface area contributed by atoms with Gasteiger partial charge in [0.1, 0.15) is 0 Å². The van der Waals surface area contributed by atoms with Gasteiger partial charge in [-0.25, -0.2) is 0 Å². The first-order valence-electron chi connectivity index (χ1n) is 7.14. The molecule has 3 rings (SSSR count). The third-order valence-corrected chi connectivity index (χ3v) is 4.02. The molecular formula is C16H22N2O2. The molecule has 0 spiro atoms. The molecule has 1 atom stereocenters. The van der Waals surface area contributed by atoms with Gasteiger partial charge in [-0.05, 0) is 11.6 Å². The van der Waals surface area contributed by atoms with E-state index in [1.165, 1.54) is 16.5 Å². The minimum absolute atomic E-state index is 0.174. The molecule has 0 radical (unpaired) electrons. The molecule has 1 aliphatic rings. The van der Waals surface area contributed by atoms with Crippen molar-refractivity contribution in [3.8, 4) is 0 Å². The number of rotatable bonds is 3. The summed E-state index contributed by atoms with van der Waals surface area (Å²) in [6.45, 7) is 4.32. The Morgan fingerprint density at radius 3 is 3.05 bits per heavy atom. The number of fused-ring (bicyclic) bond motifs is 1. The van der Waals surface area contributed by atoms with E-state index in [0.29, 0.717) is 6.61 Å². The summed E-state index contributed by atoms with van der Waals surface area (Å²) in [5.41, 5.74) is 2.66. The third-order valence-electron chi connectivity index (χ3n) is 4.02. The quantitative estimate of drug-likeness (QED) is 0.857. The van der Waals surface area contributed by atoms with E-state index in [1.807, 2.05) is 0 Å². The molecule has 0 unspecified atom stereocenters. The first-order chi connectivity index (χ1) is 9.78. The van der Waals surface area contributed by atoms with Crippen LogP contribution in [0.5, 0.6) is 0 Å². The maximum absolute atomic E-state index is 5.59. The average molecular weight is 274 g/mol. The fourth-order valence-corrected chi connectivity index (χ4v) is 2.92. The highest BCUT2D eigenvalue weighted by molar-refractivity contribution is 5.83. The van der Waals surface area contributed by atoms with Gasteiger partial charge in [0.15, 0.2) is 0 Å². The number of nitrogens with zero attached hydrogens (tertiary/aromatic N) is 2. The summed E-state index contributed by atoms with van der Waals surface area (Å²) >= 11 is 0. The summed E-state index contributed by atoms with van der Waals surface area (Å²) in [6.07, 6.45) is 2.41. The molecule has 1 aromatic heterocycles. The van der Waals surface area contributed by atoms with E-state index in [0.717, 1.165) is 26.2 Å². The summed E-state index contributed by atoms with van der Waals surface area (Å²) in [5.74, 6) is 0. The van der Waals surface area contributed by atoms with Gasteiger partial charge in [0, 0.05) is 50.9 Å². The van der Waals surface area contributed by atoms with Crippen LogP contribution in [0.4, 0.5) is 0 Å². The lowest BCUT2D eigenvalue weighted by atomic mass is 10.1. The molecule has 1 saturated heterocycles. The Balaban J connectivity index is 1.81. The Bertz CT molecular complexity index is 579. The van der Waals surface area contributed by atoms with Crippen molar-refractivity contribution >= 4 is 10.9 Å². The van der Waals surface area contributed by atoms with Crippen LogP contribution >= 0.6 is 0 Å². The SMILES string of the molecule is CO[C@H]1COCCN(Cc2cn(C)c3ccccc23)C1. The lowest BCUT2D eigenvalue weighted by Gasteiger charge is -2.22. The molecule has 1 fully saturated rings. The highest BCUT2D eigenvalue weighted by Gasteiger charge is 2.19. The smallest absolute Gasteiger partial charge is 0.0931 e. The van der Waals surface area contributed by atoms with Gasteiger partial charge in [0.05, 0.1) is 19.3 Å². The van der Waals surface area contributed by atoms with Crippen LogP contribution in [0.3, 0.4) is 0 Å². The Hall–Kier alpha value is -1.36. The van der Waals surface area contributed by atoms with Crippen LogP contribution in [0.25, 0.3) is 10.9 Å². The van der Waals surface area contributed by atoms with Crippen molar-refractivity contribution in [3.63, 3.8) is 0 Å². The molecule has 0 saturated carbocycles. The second-order valence-corrected chi connectivity index (χ2v) is 5.45. The van der Waals surface area contributed by atoms with Crippen molar-refractivity contribution < 1.29 is 9.47 Å². The second-order valence-electron chi connectivity index (χ2n) is 5.45. The standard InChI is InChI=1S/C16H22N2O2/c1-17-9-13(15-5-3-4-6-16(15)17)10-18-7-8-20-12-14(11-18)19-2/h3-6,9,14H,7-8,10-12H2,1-2H3/t14-/m1/s1. The van der Waals surface area contributed by atoms with Crippen molar-refractivity contribution in [1.29, 1.82) is 0 Å². The van der Waals surface area contributed by atoms with Gasteiger partial charge in [-0.3, -0.25) is 4.90 Å². The van der Waals surface area contributed by atoms with Crippen LogP contribution in [0.15, 0.2) is 30.5 Å². The number of benzene rings is 1. The first-order valence-corrected chi connectivity index (χ1v) is 7.14. The Morgan fingerprint density at radius 1 is 1.35 bits per heavy atom. The summed E-state index contributed by atoms with van der Waals surface area (Å²) in [7, 11) is 3.87. The molecule has 0 bridgehead atoms. The number of hydrogen-bond donors (Lipinski definition) is 0. The fourth-order valence-electron chi connectivity index (χ4n) is 2.92. The van der Waals surface area contributed by atoms with Crippen LogP contribution in [0.1, 0.15) is 5.56 Å². The summed E-state index contributed by atoms with van der Waals surface area (Å²) in [6, 6.07) is 8.57. The van der Waals surface area contributed by atoms with Crippen LogP contribution in [-0.2, 0) is 23.1 Å². The van der Waals surface area contributed by atoms with Crippen molar-refractivity contribution in [3.05, 3.63) is 36.0 Å². The van der Waals surface area contributed by atoms with Gasteiger partial charge < -0.3 is 14.0 Å². The zero-order valence-corrected chi connectivity index (χ0v) is 12.2. The lowest BCUT2D eigenvalue weighted by molar-refractivity contribution is 0.0225. The van der Waals surface area contributed by atoms with Gasteiger partial charge >= 0.3 is 0 Å². The molecule has 2 heterocycles. The van der Waals surface area contributed by atoms with Crippen molar-refractivity contribution in [2.45, 2.75) is 12.6 Å². The lowest BCUT2D eigenvalue weighted by Crippen LogP contribution is -2.33. The highest BCUT2D eigenvalue weighted by Crippen LogP contribution is 2.22.